The van der Waals surface area contributed by atoms with Crippen LogP contribution in [0.5, 0.6) is 0 Å². The quantitative estimate of drug-likeness (QED) is 0.0797. The van der Waals surface area contributed by atoms with E-state index in [2.05, 4.69) is 226 Å². The van der Waals surface area contributed by atoms with Crippen molar-refractivity contribution in [2.75, 3.05) is 26.2 Å². The molecule has 0 bridgehead atoms. The molecule has 0 spiro atoms. The van der Waals surface area contributed by atoms with Crippen molar-refractivity contribution >= 4 is 96.6 Å². The van der Waals surface area contributed by atoms with E-state index in [0.717, 1.165) is 60.3 Å². The van der Waals surface area contributed by atoms with Crippen molar-refractivity contribution in [1.82, 2.24) is 9.97 Å². The van der Waals surface area contributed by atoms with Gasteiger partial charge in [-0.2, -0.15) is 0 Å². The fourth-order valence-corrected chi connectivity index (χ4v) is 13.0. The van der Waals surface area contributed by atoms with Crippen LogP contribution in [0.1, 0.15) is 108 Å². The fourth-order valence-electron chi connectivity index (χ4n) is 7.45. The summed E-state index contributed by atoms with van der Waals surface area (Å²) in [5, 5.41) is 9.92. The van der Waals surface area contributed by atoms with Crippen LogP contribution in [0.4, 0.5) is 22.7 Å². The summed E-state index contributed by atoms with van der Waals surface area (Å²) in [4.78, 5) is 30.5. The van der Waals surface area contributed by atoms with E-state index in [0.29, 0.717) is 0 Å². The van der Waals surface area contributed by atoms with Crippen molar-refractivity contribution < 1.29 is 52.4 Å². The van der Waals surface area contributed by atoms with Gasteiger partial charge in [-0.15, -0.1) is 48.9 Å². The van der Waals surface area contributed by atoms with Crippen LogP contribution in [-0.4, -0.2) is 101 Å². The van der Waals surface area contributed by atoms with Crippen LogP contribution in [0.25, 0.3) is 30.6 Å². The summed E-state index contributed by atoms with van der Waals surface area (Å²) in [6.45, 7) is 54.6. The van der Waals surface area contributed by atoms with Crippen molar-refractivity contribution in [2.24, 2.45) is 0 Å². The Morgan fingerprint density at radius 3 is 0.606 bits per heavy atom. The van der Waals surface area contributed by atoms with Crippen LogP contribution in [0.2, 0.25) is 72.5 Å². The third kappa shape index (κ3) is 32.6. The number of para-hydroxylation sites is 4. The largest absolute Gasteiger partial charge is 4.00 e. The second kappa shape index (κ2) is 41.3. The first-order valence-corrected chi connectivity index (χ1v) is 45.9. The normalized spacial score (nSPS) is 12.0. The predicted molar refractivity (Wildman–Crippen MR) is 420 cm³/mol. The second-order valence-electron chi connectivity index (χ2n) is 30.2. The topological polar surface area (TPSA) is 110 Å². The molecule has 94 heavy (non-hydrogen) atoms. The van der Waals surface area contributed by atoms with Crippen LogP contribution in [0.15, 0.2) is 231 Å². The summed E-state index contributed by atoms with van der Waals surface area (Å²) in [5.41, 5.74) is 5.94. The molecule has 0 aliphatic heterocycles. The zero-order chi connectivity index (χ0) is 69.0. The average Bonchev–Trinajstić information content (AvgIpc) is 0.818. The SMILES string of the molecule is CC(C[N-][Si](C)(C)C(C)(C)C)(C[N-][Si](C)(C)C(C)(C)C)c1ccccn1.CC(C[N-][Si](C)(C)C(C)(C)C)(C[N-][Si](C)(C)C(C)(C)C)c1ccccn1.[Se-]c1ccccc1.[Se-]c1ccccc1.[Zr+4].[Zr+4].c1ccc([N-]c2ccccc2)cc1.c1ccc([N-]c2ccccc2)cc1. The van der Waals surface area contributed by atoms with E-state index in [4.69, 9.17) is 19.9 Å². The van der Waals surface area contributed by atoms with E-state index in [1.54, 1.807) is 0 Å². The number of nitrogens with zero attached hydrogens (tertiary/aromatic N) is 8. The van der Waals surface area contributed by atoms with Gasteiger partial charge in [0.15, 0.2) is 0 Å². The maximum absolute atomic E-state index is 5.29. The third-order valence-electron chi connectivity index (χ3n) is 18.2. The summed E-state index contributed by atoms with van der Waals surface area (Å²) < 4.78 is 2.39. The molecule has 0 atom stereocenters. The van der Waals surface area contributed by atoms with Crippen LogP contribution < -0.4 is 8.92 Å². The zero-order valence-corrected chi connectivity index (χ0v) is 73.5. The minimum absolute atomic E-state index is 0. The molecule has 0 aliphatic rings. The number of hydrogen-bond acceptors (Lipinski definition) is 2. The van der Waals surface area contributed by atoms with Gasteiger partial charge in [0.05, 0.1) is 0 Å². The maximum atomic E-state index is 5.29. The Labute approximate surface area is 631 Å². The van der Waals surface area contributed by atoms with E-state index >= 15 is 0 Å². The third-order valence-corrected chi connectivity index (χ3v) is 37.8. The number of hydrogen-bond donors (Lipinski definition) is 0. The summed E-state index contributed by atoms with van der Waals surface area (Å²) in [6.07, 6.45) is 3.79. The molecule has 0 unspecified atom stereocenters. The Hall–Kier alpha value is -3.27. The van der Waals surface area contributed by atoms with E-state index in [1.807, 2.05) is 207 Å². The molecule has 8 aromatic rings. The first-order chi connectivity index (χ1) is 42.7. The van der Waals surface area contributed by atoms with E-state index in [9.17, 15) is 0 Å². The van der Waals surface area contributed by atoms with Gasteiger partial charge in [0.1, 0.15) is 0 Å². The molecule has 0 radical (unpaired) electrons. The Bertz CT molecular complexity index is 2870. The molecule has 0 saturated carbocycles. The summed E-state index contributed by atoms with van der Waals surface area (Å²) >= 11 is 5.80. The van der Waals surface area contributed by atoms with Crippen molar-refractivity contribution in [2.45, 2.75) is 180 Å². The maximum Gasteiger partial charge on any atom is 4.00 e. The summed E-state index contributed by atoms with van der Waals surface area (Å²) in [5.74, 6) is 0. The molecule has 8 rings (SSSR count). The Morgan fingerprint density at radius 2 is 0.457 bits per heavy atom. The minimum Gasteiger partial charge on any atom is -0.658 e. The van der Waals surface area contributed by atoms with Gasteiger partial charge < -0.3 is 30.6 Å². The van der Waals surface area contributed by atoms with Gasteiger partial charge in [-0.25, -0.2) is 0 Å². The number of rotatable bonds is 18. The first kappa shape index (κ1) is 88.7. The molecule has 0 amide bonds. The first-order valence-electron chi connectivity index (χ1n) is 32.4. The van der Waals surface area contributed by atoms with Crippen LogP contribution in [0, 0.1) is 0 Å². The standard InChI is InChI=1S/2C21H41N3Si2.2C12H10N.2C6H6Se.2Zr/c2*1-19(2,3)25(8,9)23-16-21(7,18-14-12-13-15-22-18)17-24-26(10,11)20(4,5)6;2*1-3-7-11(8-4-1)13-12-9-5-2-6-10-12;2*7-6-4-2-1-3-5-6;;/h2*12-15H,16-17H2,1-11H3;2*1-10H;2*1-5,7H;;/q2*-2;2*-1;;;2*+4/p-2. The molecule has 6 aromatic carbocycles. The Morgan fingerprint density at radius 1 is 0.277 bits per heavy atom. The smallest absolute Gasteiger partial charge is 0.658 e. The molecule has 8 nitrogen and oxygen atoms in total. The van der Waals surface area contributed by atoms with Gasteiger partial charge in [0.2, 0.25) is 0 Å². The average molecular weight is 1610 g/mol. The molecule has 0 saturated heterocycles. The fraction of sp³-hybridized carbons (Fsp3) is 0.410. The summed E-state index contributed by atoms with van der Waals surface area (Å²) in [6, 6.07) is 72.4. The number of benzene rings is 6. The second-order valence-corrected chi connectivity index (χ2v) is 52.0. The molecule has 0 fully saturated rings. The van der Waals surface area contributed by atoms with Crippen molar-refractivity contribution in [3.63, 3.8) is 0 Å². The Balaban J connectivity index is 0.000000598. The van der Waals surface area contributed by atoms with Crippen LogP contribution in [-0.2, 0) is 63.2 Å². The zero-order valence-electron chi connectivity index (χ0n) is 61.2. The van der Waals surface area contributed by atoms with Crippen LogP contribution >= 0.6 is 0 Å². The van der Waals surface area contributed by atoms with E-state index in [1.165, 1.54) is 8.92 Å². The number of pyridine rings is 2. The van der Waals surface area contributed by atoms with Gasteiger partial charge in [0.25, 0.3) is 0 Å². The molecule has 0 N–H and O–H groups in total. The van der Waals surface area contributed by atoms with E-state index in [-0.39, 0.29) is 83.4 Å². The van der Waals surface area contributed by atoms with Crippen molar-refractivity contribution in [3.8, 4) is 0 Å². The molecule has 2 heterocycles. The molecule has 0 aliphatic carbocycles. The monoisotopic (exact) mass is 1610 g/mol. The van der Waals surface area contributed by atoms with Crippen molar-refractivity contribution in [3.05, 3.63) is 273 Å². The van der Waals surface area contributed by atoms with Crippen molar-refractivity contribution in [1.29, 1.82) is 0 Å². The molecule has 2 aromatic heterocycles. The van der Waals surface area contributed by atoms with Crippen LogP contribution in [0.3, 0.4) is 0 Å². The minimum atomic E-state index is -1.69. The molecule has 16 heteroatoms. The van der Waals surface area contributed by atoms with Gasteiger partial charge in [-0.05, 0) is 35.1 Å². The van der Waals surface area contributed by atoms with Gasteiger partial charge in [-0.1, -0.05) is 336 Å². The summed E-state index contributed by atoms with van der Waals surface area (Å²) in [7, 11) is -6.77. The number of aromatic nitrogens is 2. The molecular formula is C78H112N8Se2Si4Zr2. The predicted octanol–water partition coefficient (Wildman–Crippen LogP) is 23.2. The molecule has 500 valence electrons. The van der Waals surface area contributed by atoms with Gasteiger partial charge in [-0.3, -0.25) is 9.97 Å². The van der Waals surface area contributed by atoms with E-state index < -0.39 is 32.9 Å². The molecular weight excluding hydrogens is 1500 g/mol. The van der Waals surface area contributed by atoms with Gasteiger partial charge in [0, 0.05) is 23.8 Å². The Kier molecular flexibility index (Phi) is 39.0. The van der Waals surface area contributed by atoms with Gasteiger partial charge >= 0.3 is 154 Å².